The molecule has 3 heterocycles. The lowest BCUT2D eigenvalue weighted by atomic mass is 9.72. The zero-order valence-corrected chi connectivity index (χ0v) is 33.4. The zero-order chi connectivity index (χ0) is 45.6. The van der Waals surface area contributed by atoms with E-state index in [1.54, 1.807) is 0 Å². The molecule has 4 aromatic carbocycles. The predicted molar refractivity (Wildman–Crippen MR) is 219 cm³/mol. The van der Waals surface area contributed by atoms with Crippen molar-refractivity contribution >= 4 is 5.57 Å². The van der Waals surface area contributed by atoms with E-state index in [1.165, 1.54) is 36.4 Å². The number of aliphatic hydroxyl groups is 7. The number of rotatable bonds is 6. The maximum absolute atomic E-state index is 12.4. The molecule has 9 unspecified atom stereocenters. The van der Waals surface area contributed by atoms with Gasteiger partial charge in [-0.15, -0.1) is 0 Å². The first-order valence-corrected chi connectivity index (χ1v) is 20.3. The van der Waals surface area contributed by atoms with E-state index in [-0.39, 0.29) is 98.8 Å². The molecule has 15 N–H and O–H groups in total. The number of hydrogen-bond donors (Lipinski definition) is 15. The molecule has 2 aliphatic carbocycles. The molecule has 18 heteroatoms. The quantitative estimate of drug-likeness (QED) is 0.121. The fraction of sp³-hybridized carbons (Fsp3) is 0.304. The van der Waals surface area contributed by atoms with Gasteiger partial charge in [-0.1, -0.05) is 18.2 Å². The summed E-state index contributed by atoms with van der Waals surface area (Å²) in [7, 11) is 0. The maximum Gasteiger partial charge on any atom is 0.157 e. The first kappa shape index (κ1) is 42.3. The molecule has 9 atom stereocenters. The van der Waals surface area contributed by atoms with Crippen molar-refractivity contribution in [3.05, 3.63) is 128 Å². The number of hydrogen-bond acceptors (Lipinski definition) is 18. The molecule has 0 aromatic heterocycles. The van der Waals surface area contributed by atoms with Crippen LogP contribution in [0.2, 0.25) is 0 Å². The number of allylic oxidation sites excluding steroid dienone is 2. The van der Waals surface area contributed by atoms with Crippen molar-refractivity contribution in [3.8, 4) is 51.7 Å². The molecule has 4 aromatic rings. The van der Waals surface area contributed by atoms with Crippen LogP contribution in [-0.2, 0) is 15.9 Å². The van der Waals surface area contributed by atoms with Crippen molar-refractivity contribution in [1.29, 1.82) is 0 Å². The molecule has 3 aliphatic heterocycles. The van der Waals surface area contributed by atoms with Crippen LogP contribution in [0.1, 0.15) is 71.8 Å². The summed E-state index contributed by atoms with van der Waals surface area (Å²) in [5, 5.41) is 165. The van der Waals surface area contributed by atoms with Gasteiger partial charge in [0, 0.05) is 65.5 Å². The van der Waals surface area contributed by atoms with Crippen LogP contribution in [0.4, 0.5) is 0 Å². The Balaban J connectivity index is 1.22. The van der Waals surface area contributed by atoms with Crippen LogP contribution in [0.5, 0.6) is 51.7 Å². The molecule has 0 radical (unpaired) electrons. The van der Waals surface area contributed by atoms with Crippen molar-refractivity contribution in [2.75, 3.05) is 0 Å². The van der Waals surface area contributed by atoms with E-state index < -0.39 is 113 Å². The molecule has 2 saturated heterocycles. The topological polar surface area (TPSA) is 331 Å². The van der Waals surface area contributed by atoms with Gasteiger partial charge in [-0.3, -0.25) is 0 Å². The molecule has 0 bridgehead atoms. The minimum Gasteiger partial charge on any atom is -0.512 e. The molecule has 5 aliphatic rings. The molecule has 64 heavy (non-hydrogen) atoms. The van der Waals surface area contributed by atoms with Crippen molar-refractivity contribution in [3.63, 3.8) is 0 Å². The van der Waals surface area contributed by atoms with Crippen LogP contribution in [0.15, 0.2) is 100 Å². The molecular weight excluding hydrogens is 840 g/mol. The lowest BCUT2D eigenvalue weighted by molar-refractivity contribution is -0.0574. The van der Waals surface area contributed by atoms with Crippen LogP contribution in [-0.4, -0.2) is 107 Å². The van der Waals surface area contributed by atoms with E-state index in [0.29, 0.717) is 0 Å². The van der Waals surface area contributed by atoms with Gasteiger partial charge < -0.3 is 90.8 Å². The van der Waals surface area contributed by atoms with Gasteiger partial charge >= 0.3 is 0 Å². The summed E-state index contributed by atoms with van der Waals surface area (Å²) >= 11 is 0. The van der Waals surface area contributed by atoms with Gasteiger partial charge in [0.05, 0.1) is 30.0 Å². The highest BCUT2D eigenvalue weighted by molar-refractivity contribution is 5.85. The number of benzene rings is 4. The summed E-state index contributed by atoms with van der Waals surface area (Å²) in [5.41, 5.74) is 0.178. The zero-order valence-electron chi connectivity index (χ0n) is 33.4. The normalized spacial score (nSPS) is 27.9. The highest BCUT2D eigenvalue weighted by Crippen LogP contribution is 2.57. The van der Waals surface area contributed by atoms with E-state index in [1.807, 2.05) is 0 Å². The van der Waals surface area contributed by atoms with Gasteiger partial charge in [0.1, 0.15) is 58.6 Å². The molecule has 336 valence electrons. The minimum atomic E-state index is -1.69. The summed E-state index contributed by atoms with van der Waals surface area (Å²) in [4.78, 5) is 0. The van der Waals surface area contributed by atoms with E-state index in [9.17, 15) is 76.6 Å². The first-order chi connectivity index (χ1) is 30.4. The molecule has 18 nitrogen and oxygen atoms in total. The summed E-state index contributed by atoms with van der Waals surface area (Å²) in [6.07, 6.45) is -13.1. The average molecular weight is 885 g/mol. The first-order valence-electron chi connectivity index (χ1n) is 20.3. The largest absolute Gasteiger partial charge is 0.512 e. The Morgan fingerprint density at radius 2 is 0.969 bits per heavy atom. The number of fused-ring (bicyclic) bond motifs is 3. The lowest BCUT2D eigenvalue weighted by Gasteiger charge is -2.44. The summed E-state index contributed by atoms with van der Waals surface area (Å²) in [6, 6.07) is 12.1. The van der Waals surface area contributed by atoms with Crippen LogP contribution >= 0.6 is 0 Å². The van der Waals surface area contributed by atoms with E-state index in [2.05, 4.69) is 0 Å². The number of ether oxygens (including phenoxy) is 3. The SMILES string of the molecule is OC1=C2CC(O)C(c3ccc(O)c(O)c3)OC2=C(CC2C3=C(O)CC(O)C(c4c(O)cc(O)c5c4OC(c4ccc(O)c(O)c4)C(O)C5)=C3OC(c3ccc(O)c(O)c3)C2O)C(O)C1. The lowest BCUT2D eigenvalue weighted by Crippen LogP contribution is -2.41. The smallest absolute Gasteiger partial charge is 0.157 e. The number of aliphatic hydroxyl groups excluding tert-OH is 7. The molecule has 2 fully saturated rings. The summed E-state index contributed by atoms with van der Waals surface area (Å²) in [6.45, 7) is 0. The average Bonchev–Trinajstić information content (AvgIpc) is 3.24. The second kappa shape index (κ2) is 15.7. The van der Waals surface area contributed by atoms with Gasteiger partial charge in [-0.2, -0.15) is 0 Å². The number of aromatic hydroxyl groups is 8. The van der Waals surface area contributed by atoms with Gasteiger partial charge in [0.25, 0.3) is 0 Å². The monoisotopic (exact) mass is 884 g/mol. The fourth-order valence-corrected chi connectivity index (χ4v) is 9.44. The Hall–Kier alpha value is -6.96. The van der Waals surface area contributed by atoms with Gasteiger partial charge in [-0.05, 0) is 59.5 Å². The molecule has 9 rings (SSSR count). The molecule has 0 amide bonds. The van der Waals surface area contributed by atoms with Crippen LogP contribution in [0, 0.1) is 5.92 Å². The van der Waals surface area contributed by atoms with E-state index in [0.717, 1.165) is 24.3 Å². The third-order valence-corrected chi connectivity index (χ3v) is 12.6. The van der Waals surface area contributed by atoms with Crippen LogP contribution in [0.3, 0.4) is 0 Å². The molecule has 0 saturated carbocycles. The Kier molecular flexibility index (Phi) is 10.4. The molecule has 0 spiro atoms. The Morgan fingerprint density at radius 3 is 1.55 bits per heavy atom. The second-order valence-electron chi connectivity index (χ2n) is 16.6. The number of phenolic OH excluding ortho intramolecular Hbond substituents is 8. The van der Waals surface area contributed by atoms with Crippen LogP contribution < -0.4 is 4.74 Å². The summed E-state index contributed by atoms with van der Waals surface area (Å²) < 4.78 is 19.1. The van der Waals surface area contributed by atoms with E-state index in [4.69, 9.17) is 14.2 Å². The Labute approximate surface area is 362 Å². The maximum atomic E-state index is 12.4. The Morgan fingerprint density at radius 1 is 0.453 bits per heavy atom. The van der Waals surface area contributed by atoms with Gasteiger partial charge in [0.2, 0.25) is 0 Å². The standard InChI is InChI=1S/C46H44O18/c47-23-4-1-16(7-29(23)53)41-35(59)11-20-27(51)13-26(50)19(44(20)62-41)10-22-37-32(56)15-34(58)39(46(37)64-43(40(22)61)18-3-6-25(49)31(55)9-18)38-33(57)14-28(52)21-12-36(60)42(63-45(21)38)17-2-5-24(48)30(54)8-17/h1-9,14,22,26,34-36,40-43,47-61H,10-13,15H2. The van der Waals surface area contributed by atoms with Gasteiger partial charge in [-0.25, -0.2) is 0 Å². The highest BCUT2D eigenvalue weighted by Gasteiger charge is 2.50. The van der Waals surface area contributed by atoms with Crippen molar-refractivity contribution in [2.45, 2.75) is 80.9 Å². The third kappa shape index (κ3) is 6.95. The predicted octanol–water partition coefficient (Wildman–Crippen LogP) is 4.15. The number of phenols is 8. The van der Waals surface area contributed by atoms with Crippen molar-refractivity contribution in [1.82, 2.24) is 0 Å². The van der Waals surface area contributed by atoms with Crippen molar-refractivity contribution < 1.29 is 90.8 Å². The second-order valence-corrected chi connectivity index (χ2v) is 16.6. The van der Waals surface area contributed by atoms with E-state index >= 15 is 0 Å². The minimum absolute atomic E-state index is 0.00267. The molecular formula is C46H44O18. The van der Waals surface area contributed by atoms with Crippen molar-refractivity contribution in [2.24, 2.45) is 5.92 Å². The third-order valence-electron chi connectivity index (χ3n) is 12.6. The summed E-state index contributed by atoms with van der Waals surface area (Å²) in [5.74, 6) is -6.77. The van der Waals surface area contributed by atoms with Crippen LogP contribution in [0.25, 0.3) is 5.57 Å². The van der Waals surface area contributed by atoms with Gasteiger partial charge in [0.15, 0.2) is 40.6 Å². The highest BCUT2D eigenvalue weighted by atomic mass is 16.5. The Bertz CT molecular complexity index is 2720. The fourth-order valence-electron chi connectivity index (χ4n) is 9.44.